The van der Waals surface area contributed by atoms with Crippen LogP contribution >= 0.6 is 0 Å². The molecular weight excluding hydrogens is 441 g/mol. The van der Waals surface area contributed by atoms with Crippen molar-refractivity contribution in [2.45, 2.75) is 24.9 Å². The summed E-state index contributed by atoms with van der Waals surface area (Å²) in [6.07, 6.45) is -1.48. The summed E-state index contributed by atoms with van der Waals surface area (Å²) in [5.74, 6) is -1.04. The number of aliphatic imine (C=N–C) groups is 1. The van der Waals surface area contributed by atoms with Crippen LogP contribution in [0, 0.1) is 0 Å². The molecule has 3 atom stereocenters. The molecule has 5 rings (SSSR count). The van der Waals surface area contributed by atoms with Gasteiger partial charge in [0.05, 0.1) is 12.1 Å². The Morgan fingerprint density at radius 2 is 1.88 bits per heavy atom. The minimum Gasteiger partial charge on any atom is -0.441 e. The summed E-state index contributed by atoms with van der Waals surface area (Å²) in [7, 11) is 0. The molecule has 3 heterocycles. The lowest BCUT2D eigenvalue weighted by molar-refractivity contribution is -0.137. The molecule has 3 aliphatic rings. The van der Waals surface area contributed by atoms with E-state index < -0.39 is 29.9 Å². The van der Waals surface area contributed by atoms with Crippen LogP contribution in [0.15, 0.2) is 53.5 Å². The Balaban J connectivity index is 1.37. The Hall–Kier alpha value is -3.79. The average Bonchev–Trinajstić information content (AvgIpc) is 3.42. The zero-order chi connectivity index (χ0) is 24.0. The van der Waals surface area contributed by atoms with E-state index in [2.05, 4.69) is 4.99 Å². The number of amides is 3. The highest BCUT2D eigenvalue weighted by Crippen LogP contribution is 2.35. The molecule has 2 aromatic carbocycles. The summed E-state index contributed by atoms with van der Waals surface area (Å²) >= 11 is 0. The van der Waals surface area contributed by atoms with Crippen LogP contribution in [0.1, 0.15) is 22.8 Å². The van der Waals surface area contributed by atoms with E-state index in [1.165, 1.54) is 11.1 Å². The highest BCUT2D eigenvalue weighted by Gasteiger charge is 2.53. The number of alkyl halides is 1. The topological polar surface area (TPSA) is 109 Å². The summed E-state index contributed by atoms with van der Waals surface area (Å²) in [4.78, 5) is 45.7. The summed E-state index contributed by atoms with van der Waals surface area (Å²) < 4.78 is 21.1. The fraction of sp³-hybridized carbons (Fsp3) is 0.333. The minimum absolute atomic E-state index is 0.115. The van der Waals surface area contributed by atoms with Gasteiger partial charge in [0.25, 0.3) is 5.91 Å². The maximum Gasteiger partial charge on any atom is 0.414 e. The number of rotatable bonds is 5. The van der Waals surface area contributed by atoms with Crippen LogP contribution in [-0.4, -0.2) is 73.1 Å². The fourth-order valence-electron chi connectivity index (χ4n) is 4.84. The number of hydrogen-bond donors (Lipinski definition) is 1. The van der Waals surface area contributed by atoms with Crippen LogP contribution in [0.2, 0.25) is 0 Å². The van der Waals surface area contributed by atoms with Crippen molar-refractivity contribution in [1.29, 1.82) is 0 Å². The third-order valence-corrected chi connectivity index (χ3v) is 6.92. The maximum atomic E-state index is 15.5. The lowest BCUT2D eigenvalue weighted by Crippen LogP contribution is -2.68. The number of halogens is 1. The molecule has 0 bridgehead atoms. The Kier molecular flexibility index (Phi) is 5.32. The summed E-state index contributed by atoms with van der Waals surface area (Å²) in [5, 5.41) is 0. The second kappa shape index (κ2) is 8.21. The third kappa shape index (κ3) is 3.41. The Morgan fingerprint density at radius 1 is 1.12 bits per heavy atom. The van der Waals surface area contributed by atoms with Gasteiger partial charge in [0.2, 0.25) is 5.91 Å². The third-order valence-electron chi connectivity index (χ3n) is 6.92. The van der Waals surface area contributed by atoms with Gasteiger partial charge >= 0.3 is 6.09 Å². The van der Waals surface area contributed by atoms with Crippen LogP contribution in [0.3, 0.4) is 0 Å². The van der Waals surface area contributed by atoms with Gasteiger partial charge in [0.1, 0.15) is 11.6 Å². The molecule has 0 saturated carbocycles. The number of primary amides is 1. The summed E-state index contributed by atoms with van der Waals surface area (Å²) in [5.41, 5.74) is 6.64. The Morgan fingerprint density at radius 3 is 2.59 bits per heavy atom. The molecule has 0 aliphatic carbocycles. The van der Waals surface area contributed by atoms with Crippen molar-refractivity contribution in [2.24, 2.45) is 10.7 Å². The van der Waals surface area contributed by atoms with Crippen LogP contribution in [0.5, 0.6) is 0 Å². The molecule has 176 valence electrons. The minimum atomic E-state index is -1.48. The van der Waals surface area contributed by atoms with Gasteiger partial charge in [-0.1, -0.05) is 24.3 Å². The first kappa shape index (κ1) is 22.0. The molecule has 3 unspecified atom stereocenters. The molecule has 3 aliphatic heterocycles. The lowest BCUT2D eigenvalue weighted by atomic mass is 9.90. The Bertz CT molecular complexity index is 1190. The molecule has 9 nitrogen and oxygen atoms in total. The van der Waals surface area contributed by atoms with Gasteiger partial charge in [-0.15, -0.1) is 0 Å². The van der Waals surface area contributed by atoms with E-state index in [4.69, 9.17) is 10.5 Å². The summed E-state index contributed by atoms with van der Waals surface area (Å²) in [6.45, 7) is 2.12. The monoisotopic (exact) mass is 465 g/mol. The molecule has 2 N–H and O–H groups in total. The number of hydrogen-bond acceptors (Lipinski definition) is 6. The van der Waals surface area contributed by atoms with E-state index in [-0.39, 0.29) is 25.5 Å². The quantitative estimate of drug-likeness (QED) is 0.677. The number of piperazine rings is 1. The van der Waals surface area contributed by atoms with Gasteiger partial charge < -0.3 is 15.4 Å². The van der Waals surface area contributed by atoms with Crippen molar-refractivity contribution >= 4 is 35.5 Å². The number of cyclic esters (lactones) is 1. The standard InChI is InChI=1S/C24H24FN5O4/c1-24(22(26)32,19-13-30(23(33)34-19)15-6-3-2-4-7-15)28-10-11-29(20(25)14-28)18-9-5-8-16-17(18)12-27-21(16)31/h2-9,12,19-20H,10-11,13-14H2,1H3,(H2,26,32). The molecule has 3 amide bonds. The van der Waals surface area contributed by atoms with E-state index in [0.29, 0.717) is 29.0 Å². The highest BCUT2D eigenvalue weighted by molar-refractivity contribution is 6.15. The van der Waals surface area contributed by atoms with Gasteiger partial charge in [-0.25, -0.2) is 14.2 Å². The molecule has 2 fully saturated rings. The number of ether oxygens (including phenoxy) is 1. The van der Waals surface area contributed by atoms with Gasteiger partial charge in [-0.05, 0) is 31.2 Å². The average molecular weight is 465 g/mol. The van der Waals surface area contributed by atoms with Gasteiger partial charge in [-0.3, -0.25) is 19.4 Å². The number of para-hydroxylation sites is 1. The number of nitrogens with zero attached hydrogens (tertiary/aromatic N) is 4. The van der Waals surface area contributed by atoms with Crippen molar-refractivity contribution in [3.05, 3.63) is 59.7 Å². The first-order valence-electron chi connectivity index (χ1n) is 11.0. The van der Waals surface area contributed by atoms with E-state index >= 15 is 4.39 Å². The van der Waals surface area contributed by atoms with Crippen molar-refractivity contribution in [3.63, 3.8) is 0 Å². The van der Waals surface area contributed by atoms with Gasteiger partial charge in [0.15, 0.2) is 6.30 Å². The van der Waals surface area contributed by atoms with Crippen molar-refractivity contribution in [2.75, 3.05) is 36.0 Å². The largest absolute Gasteiger partial charge is 0.441 e. The SMILES string of the molecule is CC(C(N)=O)(C1CN(c2ccccc2)C(=O)O1)N1CCN(c2cccc3c2C=NC3=O)C(F)C1. The molecule has 0 spiro atoms. The fourth-order valence-corrected chi connectivity index (χ4v) is 4.84. The molecular formula is C24H24FN5O4. The van der Waals surface area contributed by atoms with Gasteiger partial charge in [0, 0.05) is 42.8 Å². The van der Waals surface area contributed by atoms with Crippen LogP contribution in [0.25, 0.3) is 0 Å². The number of carbonyl (C=O) groups is 3. The molecule has 2 saturated heterocycles. The zero-order valence-corrected chi connectivity index (χ0v) is 18.6. The number of nitrogens with two attached hydrogens (primary N) is 1. The van der Waals surface area contributed by atoms with Crippen LogP contribution in [0.4, 0.5) is 20.6 Å². The predicted octanol–water partition coefficient (Wildman–Crippen LogP) is 1.95. The molecule has 0 aromatic heterocycles. The summed E-state index contributed by atoms with van der Waals surface area (Å²) in [6, 6.07) is 14.1. The second-order valence-electron chi connectivity index (χ2n) is 8.71. The number of anilines is 2. The van der Waals surface area contributed by atoms with E-state index in [0.717, 1.165) is 0 Å². The molecule has 0 radical (unpaired) electrons. The Labute approximate surface area is 195 Å². The zero-order valence-electron chi connectivity index (χ0n) is 18.6. The number of carbonyl (C=O) groups excluding carboxylic acids is 3. The van der Waals surface area contributed by atoms with E-state index in [9.17, 15) is 14.4 Å². The van der Waals surface area contributed by atoms with Crippen LogP contribution < -0.4 is 15.5 Å². The smallest absolute Gasteiger partial charge is 0.414 e. The second-order valence-corrected chi connectivity index (χ2v) is 8.71. The van der Waals surface area contributed by atoms with E-state index in [1.54, 1.807) is 59.2 Å². The first-order valence-corrected chi connectivity index (χ1v) is 11.0. The predicted molar refractivity (Wildman–Crippen MR) is 124 cm³/mol. The van der Waals surface area contributed by atoms with E-state index in [1.807, 2.05) is 6.07 Å². The maximum absolute atomic E-state index is 15.5. The number of benzene rings is 2. The van der Waals surface area contributed by atoms with Gasteiger partial charge in [-0.2, -0.15) is 0 Å². The molecule has 2 aromatic rings. The molecule has 10 heteroatoms. The van der Waals surface area contributed by atoms with Crippen LogP contribution in [-0.2, 0) is 9.53 Å². The van der Waals surface area contributed by atoms with Crippen molar-refractivity contribution in [3.8, 4) is 0 Å². The highest BCUT2D eigenvalue weighted by atomic mass is 19.1. The van der Waals surface area contributed by atoms with Crippen molar-refractivity contribution in [1.82, 2.24) is 4.90 Å². The van der Waals surface area contributed by atoms with Crippen molar-refractivity contribution < 1.29 is 23.5 Å². The normalized spacial score (nSPS) is 24.2. The first-order chi connectivity index (χ1) is 16.3. The molecule has 34 heavy (non-hydrogen) atoms. The lowest BCUT2D eigenvalue weighted by Gasteiger charge is -2.47. The number of fused-ring (bicyclic) bond motifs is 1.